The molecule has 0 heterocycles. The molecule has 0 radical (unpaired) electrons. The molecule has 3 nitrogen and oxygen atoms in total. The number of hydrogen-bond donors (Lipinski definition) is 2. The van der Waals surface area contributed by atoms with Crippen LogP contribution in [0.1, 0.15) is 58.3 Å². The molecule has 2 N–H and O–H groups in total. The number of nitrogens with one attached hydrogen (secondary N) is 2. The van der Waals surface area contributed by atoms with E-state index in [1.807, 2.05) is 0 Å². The Morgan fingerprint density at radius 2 is 2.17 bits per heavy atom. The molecule has 0 aromatic carbocycles. The summed E-state index contributed by atoms with van der Waals surface area (Å²) < 4.78 is 0. The Morgan fingerprint density at radius 3 is 2.89 bits per heavy atom. The van der Waals surface area contributed by atoms with Crippen LogP contribution in [0.15, 0.2) is 11.6 Å². The molecule has 0 bridgehead atoms. The minimum Gasteiger partial charge on any atom is -0.356 e. The summed E-state index contributed by atoms with van der Waals surface area (Å²) in [5, 5.41) is 6.29. The van der Waals surface area contributed by atoms with Gasteiger partial charge in [0.2, 0.25) is 5.91 Å². The fourth-order valence-corrected chi connectivity index (χ4v) is 2.21. The van der Waals surface area contributed by atoms with Gasteiger partial charge in [0.15, 0.2) is 0 Å². The molecule has 0 atom stereocenters. The molecule has 0 saturated heterocycles. The second kappa shape index (κ2) is 10.1. The third-order valence-electron chi connectivity index (χ3n) is 3.39. The number of carbonyl (C=O) groups excluding carboxylic acids is 1. The van der Waals surface area contributed by atoms with Crippen molar-refractivity contribution in [2.24, 2.45) is 0 Å². The SMILES string of the molecule is CCCCNCCC(=O)NCCC1=CCCCC1. The van der Waals surface area contributed by atoms with Gasteiger partial charge in [0.1, 0.15) is 0 Å². The zero-order chi connectivity index (χ0) is 13.1. The highest BCUT2D eigenvalue weighted by Crippen LogP contribution is 2.19. The van der Waals surface area contributed by atoms with Crippen LogP contribution >= 0.6 is 0 Å². The molecule has 1 aliphatic carbocycles. The molecule has 0 aromatic heterocycles. The van der Waals surface area contributed by atoms with Crippen LogP contribution in [0.3, 0.4) is 0 Å². The molecule has 0 aromatic rings. The van der Waals surface area contributed by atoms with E-state index in [2.05, 4.69) is 23.6 Å². The maximum Gasteiger partial charge on any atom is 0.221 e. The number of carbonyl (C=O) groups is 1. The summed E-state index contributed by atoms with van der Waals surface area (Å²) in [6.45, 7) is 4.80. The van der Waals surface area contributed by atoms with Crippen molar-refractivity contribution in [2.45, 2.75) is 58.3 Å². The van der Waals surface area contributed by atoms with Crippen LogP contribution in [0.5, 0.6) is 0 Å². The molecule has 0 saturated carbocycles. The van der Waals surface area contributed by atoms with Crippen molar-refractivity contribution in [3.05, 3.63) is 11.6 Å². The Kier molecular flexibility index (Phi) is 8.57. The first-order valence-corrected chi connectivity index (χ1v) is 7.48. The maximum atomic E-state index is 11.5. The summed E-state index contributed by atoms with van der Waals surface area (Å²) >= 11 is 0. The normalized spacial score (nSPS) is 15.3. The van der Waals surface area contributed by atoms with Crippen molar-refractivity contribution in [3.8, 4) is 0 Å². The van der Waals surface area contributed by atoms with E-state index < -0.39 is 0 Å². The summed E-state index contributed by atoms with van der Waals surface area (Å²) in [7, 11) is 0. The van der Waals surface area contributed by atoms with Gasteiger partial charge in [-0.3, -0.25) is 4.79 Å². The predicted octanol–water partition coefficient (Wildman–Crippen LogP) is 2.77. The molecule has 104 valence electrons. The van der Waals surface area contributed by atoms with Crippen LogP contribution < -0.4 is 10.6 Å². The van der Waals surface area contributed by atoms with Crippen molar-refractivity contribution < 1.29 is 4.79 Å². The smallest absolute Gasteiger partial charge is 0.221 e. The van der Waals surface area contributed by atoms with E-state index in [0.717, 1.165) is 26.1 Å². The lowest BCUT2D eigenvalue weighted by atomic mass is 9.97. The van der Waals surface area contributed by atoms with E-state index in [1.165, 1.54) is 44.1 Å². The van der Waals surface area contributed by atoms with Crippen LogP contribution in [-0.2, 0) is 4.79 Å². The lowest BCUT2D eigenvalue weighted by Crippen LogP contribution is -2.29. The van der Waals surface area contributed by atoms with Crippen molar-refractivity contribution in [3.63, 3.8) is 0 Å². The molecule has 1 rings (SSSR count). The molecule has 18 heavy (non-hydrogen) atoms. The molecule has 1 amide bonds. The standard InChI is InChI=1S/C15H28N2O/c1-2-3-11-16-12-10-15(18)17-13-9-14-7-5-4-6-8-14/h7,16H,2-6,8-13H2,1H3,(H,17,18). The van der Waals surface area contributed by atoms with Gasteiger partial charge in [0.05, 0.1) is 0 Å². The molecular weight excluding hydrogens is 224 g/mol. The molecule has 0 spiro atoms. The number of rotatable bonds is 9. The monoisotopic (exact) mass is 252 g/mol. The maximum absolute atomic E-state index is 11.5. The van der Waals surface area contributed by atoms with Crippen LogP contribution in [-0.4, -0.2) is 25.5 Å². The molecule has 0 unspecified atom stereocenters. The fourth-order valence-electron chi connectivity index (χ4n) is 2.21. The third kappa shape index (κ3) is 7.49. The fraction of sp³-hybridized carbons (Fsp3) is 0.800. The van der Waals surface area contributed by atoms with Crippen molar-refractivity contribution in [2.75, 3.05) is 19.6 Å². The minimum atomic E-state index is 0.176. The van der Waals surface area contributed by atoms with Gasteiger partial charge in [-0.15, -0.1) is 0 Å². The highest BCUT2D eigenvalue weighted by molar-refractivity contribution is 5.76. The predicted molar refractivity (Wildman–Crippen MR) is 76.6 cm³/mol. The van der Waals surface area contributed by atoms with Crippen LogP contribution in [0.25, 0.3) is 0 Å². The lowest BCUT2D eigenvalue weighted by molar-refractivity contribution is -0.120. The topological polar surface area (TPSA) is 41.1 Å². The second-order valence-electron chi connectivity index (χ2n) is 5.06. The van der Waals surface area contributed by atoms with E-state index in [1.54, 1.807) is 0 Å². The number of hydrogen-bond acceptors (Lipinski definition) is 2. The second-order valence-corrected chi connectivity index (χ2v) is 5.06. The van der Waals surface area contributed by atoms with Gasteiger partial charge >= 0.3 is 0 Å². The van der Waals surface area contributed by atoms with E-state index in [9.17, 15) is 4.79 Å². The number of amides is 1. The lowest BCUT2D eigenvalue weighted by Gasteiger charge is -2.13. The average molecular weight is 252 g/mol. The summed E-state index contributed by atoms with van der Waals surface area (Å²) in [4.78, 5) is 11.5. The van der Waals surface area contributed by atoms with Crippen LogP contribution in [0.2, 0.25) is 0 Å². The van der Waals surface area contributed by atoms with Gasteiger partial charge in [-0.1, -0.05) is 25.0 Å². The summed E-state index contributed by atoms with van der Waals surface area (Å²) in [6, 6.07) is 0. The van der Waals surface area contributed by atoms with Gasteiger partial charge in [-0.2, -0.15) is 0 Å². The summed E-state index contributed by atoms with van der Waals surface area (Å²) in [5.41, 5.74) is 1.53. The van der Waals surface area contributed by atoms with E-state index in [-0.39, 0.29) is 5.91 Å². The zero-order valence-electron chi connectivity index (χ0n) is 11.8. The average Bonchev–Trinajstić information content (AvgIpc) is 2.40. The summed E-state index contributed by atoms with van der Waals surface area (Å²) in [5.74, 6) is 0.176. The molecular formula is C15H28N2O. The van der Waals surface area contributed by atoms with Gasteiger partial charge < -0.3 is 10.6 Å². The van der Waals surface area contributed by atoms with Crippen LogP contribution in [0.4, 0.5) is 0 Å². The Hall–Kier alpha value is -0.830. The number of unbranched alkanes of at least 4 members (excludes halogenated alkanes) is 1. The largest absolute Gasteiger partial charge is 0.356 e. The first-order valence-electron chi connectivity index (χ1n) is 7.48. The Labute approximate surface area is 111 Å². The highest BCUT2D eigenvalue weighted by atomic mass is 16.1. The summed E-state index contributed by atoms with van der Waals surface area (Å²) in [6.07, 6.45) is 11.5. The molecule has 1 aliphatic rings. The first kappa shape index (κ1) is 15.2. The zero-order valence-corrected chi connectivity index (χ0v) is 11.8. The van der Waals surface area contributed by atoms with Crippen molar-refractivity contribution in [1.82, 2.24) is 10.6 Å². The highest BCUT2D eigenvalue weighted by Gasteiger charge is 2.04. The molecule has 0 aliphatic heterocycles. The Balaban J connectivity index is 1.94. The third-order valence-corrected chi connectivity index (χ3v) is 3.39. The molecule has 3 heteroatoms. The Bertz CT molecular complexity index is 261. The van der Waals surface area contributed by atoms with E-state index in [0.29, 0.717) is 6.42 Å². The van der Waals surface area contributed by atoms with E-state index in [4.69, 9.17) is 0 Å². The minimum absolute atomic E-state index is 0.176. The van der Waals surface area contributed by atoms with Crippen molar-refractivity contribution >= 4 is 5.91 Å². The van der Waals surface area contributed by atoms with Crippen molar-refractivity contribution in [1.29, 1.82) is 0 Å². The quantitative estimate of drug-likeness (QED) is 0.489. The van der Waals surface area contributed by atoms with Gasteiger partial charge in [-0.05, 0) is 45.1 Å². The van der Waals surface area contributed by atoms with Crippen LogP contribution in [0, 0.1) is 0 Å². The first-order chi connectivity index (χ1) is 8.83. The molecule has 0 fully saturated rings. The van der Waals surface area contributed by atoms with Gasteiger partial charge in [0, 0.05) is 19.5 Å². The van der Waals surface area contributed by atoms with Gasteiger partial charge in [0.25, 0.3) is 0 Å². The number of allylic oxidation sites excluding steroid dienone is 1. The Morgan fingerprint density at radius 1 is 1.28 bits per heavy atom. The van der Waals surface area contributed by atoms with E-state index >= 15 is 0 Å². The van der Waals surface area contributed by atoms with Gasteiger partial charge in [-0.25, -0.2) is 0 Å².